The van der Waals surface area contributed by atoms with Crippen LogP contribution in [0.5, 0.6) is 0 Å². The first-order valence-corrected chi connectivity index (χ1v) is 10.2. The number of aliphatic hydroxyl groups is 1. The lowest BCUT2D eigenvalue weighted by molar-refractivity contribution is -0.131. The minimum atomic E-state index is -1.04. The Balaban J connectivity index is 1.54. The van der Waals surface area contributed by atoms with Gasteiger partial charge >= 0.3 is 0 Å². The van der Waals surface area contributed by atoms with Crippen LogP contribution in [0.15, 0.2) is 0 Å². The summed E-state index contributed by atoms with van der Waals surface area (Å²) in [7, 11) is 0. The van der Waals surface area contributed by atoms with E-state index in [-0.39, 0.29) is 11.3 Å². The predicted octanol–water partition coefficient (Wildman–Crippen LogP) is 4.54. The Bertz CT molecular complexity index is 520. The van der Waals surface area contributed by atoms with E-state index >= 15 is 0 Å². The monoisotopic (exact) mass is 336 g/mol. The van der Waals surface area contributed by atoms with Gasteiger partial charge in [-0.05, 0) is 99.7 Å². The number of Topliss-reactive ketones (excluding diaryl/α,β-unsaturated/α-hetero) is 1. The van der Waals surface area contributed by atoms with Gasteiger partial charge in [0.15, 0.2) is 0 Å². The molecule has 0 aromatic rings. The van der Waals surface area contributed by atoms with Crippen molar-refractivity contribution >= 4 is 5.78 Å². The minimum Gasteiger partial charge on any atom is -0.387 e. The van der Waals surface area contributed by atoms with Crippen LogP contribution < -0.4 is 0 Å². The number of carbonyl (C=O) groups excluding carboxylic acids is 1. The Morgan fingerprint density at radius 1 is 1.04 bits per heavy atom. The van der Waals surface area contributed by atoms with Crippen molar-refractivity contribution in [2.75, 3.05) is 6.67 Å². The number of fused-ring (bicyclic) bond motifs is 5. The molecule has 0 saturated heterocycles. The molecule has 4 saturated carbocycles. The summed E-state index contributed by atoms with van der Waals surface area (Å²) in [4.78, 5) is 12.1. The van der Waals surface area contributed by atoms with E-state index in [0.717, 1.165) is 31.1 Å². The Labute approximate surface area is 145 Å². The molecule has 2 nitrogen and oxygen atoms in total. The summed E-state index contributed by atoms with van der Waals surface area (Å²) in [6.45, 7) is 3.60. The van der Waals surface area contributed by atoms with Crippen molar-refractivity contribution in [2.24, 2.45) is 40.9 Å². The quantitative estimate of drug-likeness (QED) is 0.803. The zero-order valence-electron chi connectivity index (χ0n) is 15.3. The van der Waals surface area contributed by atoms with Crippen molar-refractivity contribution in [3.63, 3.8) is 0 Å². The topological polar surface area (TPSA) is 37.3 Å². The maximum atomic E-state index is 13.2. The normalized spacial score (nSPS) is 53.8. The number of rotatable bonds is 2. The van der Waals surface area contributed by atoms with Crippen molar-refractivity contribution in [3.8, 4) is 0 Å². The van der Waals surface area contributed by atoms with Crippen LogP contribution in [0.1, 0.15) is 71.6 Å². The molecule has 3 heteroatoms. The number of carbonyl (C=O) groups is 1. The predicted molar refractivity (Wildman–Crippen MR) is 92.2 cm³/mol. The molecule has 8 atom stereocenters. The van der Waals surface area contributed by atoms with E-state index in [1.807, 2.05) is 0 Å². The van der Waals surface area contributed by atoms with Gasteiger partial charge in [0.2, 0.25) is 0 Å². The van der Waals surface area contributed by atoms with Crippen LogP contribution in [0.3, 0.4) is 0 Å². The first-order valence-electron chi connectivity index (χ1n) is 10.2. The van der Waals surface area contributed by atoms with Crippen LogP contribution in [-0.2, 0) is 4.79 Å². The zero-order chi connectivity index (χ0) is 17.1. The Morgan fingerprint density at radius 2 is 1.79 bits per heavy atom. The summed E-state index contributed by atoms with van der Waals surface area (Å²) in [5.74, 6) is 4.14. The van der Waals surface area contributed by atoms with Gasteiger partial charge in [0, 0.05) is 5.92 Å². The number of alkyl halides is 1. The minimum absolute atomic E-state index is 0.230. The molecule has 4 fully saturated rings. The summed E-state index contributed by atoms with van der Waals surface area (Å²) < 4.78 is 13.2. The maximum absolute atomic E-state index is 13.2. The van der Waals surface area contributed by atoms with Crippen LogP contribution in [0.25, 0.3) is 0 Å². The van der Waals surface area contributed by atoms with E-state index in [9.17, 15) is 14.3 Å². The van der Waals surface area contributed by atoms with Gasteiger partial charge in [-0.15, -0.1) is 0 Å². The molecule has 0 aromatic carbocycles. The second kappa shape index (κ2) is 5.79. The first-order chi connectivity index (χ1) is 11.4. The van der Waals surface area contributed by atoms with Crippen molar-refractivity contribution < 1.29 is 14.3 Å². The van der Waals surface area contributed by atoms with Crippen molar-refractivity contribution in [1.82, 2.24) is 0 Å². The van der Waals surface area contributed by atoms with Crippen LogP contribution in [0.4, 0.5) is 4.39 Å². The Kier molecular flexibility index (Phi) is 4.10. The zero-order valence-corrected chi connectivity index (χ0v) is 15.3. The molecule has 0 heterocycles. The average molecular weight is 336 g/mol. The third-order valence-corrected chi connectivity index (χ3v) is 8.84. The molecule has 4 aliphatic rings. The molecule has 0 aromatic heterocycles. The molecular weight excluding hydrogens is 303 g/mol. The second-order valence-corrected chi connectivity index (χ2v) is 9.82. The second-order valence-electron chi connectivity index (χ2n) is 9.82. The Morgan fingerprint density at radius 3 is 2.50 bits per heavy atom. The SMILES string of the molecule is CC(=O)[C@H]1CC[C@H]2[C@@H]3CC[C@@H]4C[C@@](O)(CF)CC[C@@H]4[C@H]3CC[C@]12C. The van der Waals surface area contributed by atoms with Crippen molar-refractivity contribution in [2.45, 2.75) is 77.2 Å². The number of hydrogen-bond donors (Lipinski definition) is 1. The molecular formula is C21H33FO2. The average Bonchev–Trinajstić information content (AvgIpc) is 2.91. The highest BCUT2D eigenvalue weighted by Crippen LogP contribution is 2.64. The fourth-order valence-electron chi connectivity index (χ4n) is 7.75. The van der Waals surface area contributed by atoms with Gasteiger partial charge in [0.1, 0.15) is 12.5 Å². The molecule has 0 spiro atoms. The van der Waals surface area contributed by atoms with E-state index in [1.54, 1.807) is 6.92 Å². The van der Waals surface area contributed by atoms with Gasteiger partial charge in [-0.25, -0.2) is 4.39 Å². The van der Waals surface area contributed by atoms with Crippen LogP contribution >= 0.6 is 0 Å². The van der Waals surface area contributed by atoms with Crippen molar-refractivity contribution in [1.29, 1.82) is 0 Å². The summed E-state index contributed by atoms with van der Waals surface area (Å²) in [6, 6.07) is 0. The van der Waals surface area contributed by atoms with E-state index in [0.29, 0.717) is 36.4 Å². The first kappa shape index (κ1) is 17.0. The van der Waals surface area contributed by atoms with Gasteiger partial charge in [-0.3, -0.25) is 4.79 Å². The Hall–Kier alpha value is -0.440. The molecule has 0 unspecified atom stereocenters. The van der Waals surface area contributed by atoms with Gasteiger partial charge in [0.05, 0.1) is 5.60 Å². The fraction of sp³-hybridized carbons (Fsp3) is 0.952. The van der Waals surface area contributed by atoms with Crippen LogP contribution in [0, 0.1) is 40.9 Å². The van der Waals surface area contributed by atoms with E-state index in [1.165, 1.54) is 25.7 Å². The lowest BCUT2D eigenvalue weighted by Gasteiger charge is -2.56. The maximum Gasteiger partial charge on any atom is 0.133 e. The largest absolute Gasteiger partial charge is 0.387 e. The van der Waals surface area contributed by atoms with E-state index < -0.39 is 12.3 Å². The molecule has 0 radical (unpaired) electrons. The standard InChI is InChI=1S/C21H33FO2/c1-13(23)18-5-6-19-17-4-3-14-11-21(24,12-22)10-8-15(14)16(17)7-9-20(18,19)2/h14-19,24H,3-12H2,1-2H3/t14-,15+,16-,17-,18-,19+,20-,21-/m1/s1. The summed E-state index contributed by atoms with van der Waals surface area (Å²) in [5, 5.41) is 10.4. The molecule has 0 bridgehead atoms. The summed E-state index contributed by atoms with van der Waals surface area (Å²) >= 11 is 0. The summed E-state index contributed by atoms with van der Waals surface area (Å²) in [5.41, 5.74) is -0.807. The molecule has 1 N–H and O–H groups in total. The number of halogens is 1. The number of hydrogen-bond acceptors (Lipinski definition) is 2. The molecule has 136 valence electrons. The lowest BCUT2D eigenvalue weighted by atomic mass is 9.49. The molecule has 4 rings (SSSR count). The van der Waals surface area contributed by atoms with Gasteiger partial charge in [-0.2, -0.15) is 0 Å². The highest BCUT2D eigenvalue weighted by atomic mass is 19.1. The van der Waals surface area contributed by atoms with E-state index in [2.05, 4.69) is 6.92 Å². The van der Waals surface area contributed by atoms with Gasteiger partial charge in [0.25, 0.3) is 0 Å². The molecule has 24 heavy (non-hydrogen) atoms. The van der Waals surface area contributed by atoms with Gasteiger partial charge < -0.3 is 5.11 Å². The molecule has 4 aliphatic carbocycles. The third kappa shape index (κ3) is 2.40. The molecule has 0 amide bonds. The van der Waals surface area contributed by atoms with Crippen LogP contribution in [-0.4, -0.2) is 23.2 Å². The lowest BCUT2D eigenvalue weighted by Crippen LogP contribution is -2.51. The third-order valence-electron chi connectivity index (χ3n) is 8.84. The molecule has 0 aliphatic heterocycles. The summed E-state index contributed by atoms with van der Waals surface area (Å²) in [6.07, 6.45) is 9.48. The highest BCUT2D eigenvalue weighted by molar-refractivity contribution is 5.79. The number of ketones is 1. The highest BCUT2D eigenvalue weighted by Gasteiger charge is 2.58. The van der Waals surface area contributed by atoms with E-state index in [4.69, 9.17) is 0 Å². The fourth-order valence-corrected chi connectivity index (χ4v) is 7.75. The van der Waals surface area contributed by atoms with Crippen molar-refractivity contribution in [3.05, 3.63) is 0 Å². The van der Waals surface area contributed by atoms with Crippen LogP contribution in [0.2, 0.25) is 0 Å². The van der Waals surface area contributed by atoms with Gasteiger partial charge in [-0.1, -0.05) is 6.92 Å². The smallest absolute Gasteiger partial charge is 0.133 e.